The number of ether oxygens (including phenoxy) is 1. The van der Waals surface area contributed by atoms with Crippen molar-refractivity contribution in [1.29, 1.82) is 0 Å². The zero-order valence-corrected chi connectivity index (χ0v) is 12.7. The van der Waals surface area contributed by atoms with Crippen LogP contribution in [0.25, 0.3) is 4.96 Å². The number of fused-ring (bicyclic) bond motifs is 1. The van der Waals surface area contributed by atoms with Gasteiger partial charge in [0.05, 0.1) is 18.8 Å². The van der Waals surface area contributed by atoms with Crippen molar-refractivity contribution in [3.63, 3.8) is 0 Å². The lowest BCUT2D eigenvalue weighted by atomic mass is 10.3. The van der Waals surface area contributed by atoms with E-state index in [4.69, 9.17) is 21.4 Å². The Bertz CT molecular complexity index is 723. The maximum atomic E-state index is 8.71. The Hall–Kier alpha value is -1.76. The van der Waals surface area contributed by atoms with E-state index in [9.17, 15) is 0 Å². The lowest BCUT2D eigenvalue weighted by molar-refractivity contribution is 0.201. The van der Waals surface area contributed by atoms with Crippen molar-refractivity contribution in [3.05, 3.63) is 46.7 Å². The molecule has 3 rings (SSSR count). The van der Waals surface area contributed by atoms with Crippen LogP contribution in [0.15, 0.2) is 35.8 Å². The molecule has 2 aromatic heterocycles. The van der Waals surface area contributed by atoms with E-state index in [1.807, 2.05) is 40.2 Å². The minimum Gasteiger partial charge on any atom is -0.491 e. The van der Waals surface area contributed by atoms with Crippen LogP contribution < -0.4 is 10.1 Å². The Kier molecular flexibility index (Phi) is 4.28. The molecule has 0 spiro atoms. The van der Waals surface area contributed by atoms with Crippen molar-refractivity contribution in [2.45, 2.75) is 6.54 Å². The molecule has 2 heterocycles. The molecule has 21 heavy (non-hydrogen) atoms. The summed E-state index contributed by atoms with van der Waals surface area (Å²) in [4.78, 5) is 5.19. The van der Waals surface area contributed by atoms with Gasteiger partial charge in [0, 0.05) is 17.3 Å². The predicted molar refractivity (Wildman–Crippen MR) is 84.4 cm³/mol. The van der Waals surface area contributed by atoms with Crippen LogP contribution in [-0.2, 0) is 6.54 Å². The maximum Gasteiger partial charge on any atom is 0.195 e. The number of aliphatic hydroxyl groups is 1. The summed E-state index contributed by atoms with van der Waals surface area (Å²) in [6, 6.07) is 7.56. The summed E-state index contributed by atoms with van der Waals surface area (Å²) in [5.41, 5.74) is 1.90. The molecule has 0 atom stereocenters. The summed E-state index contributed by atoms with van der Waals surface area (Å²) < 4.78 is 7.30. The number of aromatic nitrogens is 2. The normalized spacial score (nSPS) is 11.0. The van der Waals surface area contributed by atoms with Crippen molar-refractivity contribution in [3.8, 4) is 5.75 Å². The smallest absolute Gasteiger partial charge is 0.195 e. The third kappa shape index (κ3) is 3.12. The molecule has 0 aliphatic heterocycles. The summed E-state index contributed by atoms with van der Waals surface area (Å²) in [7, 11) is 0. The standard InChI is InChI=1S/C14H14ClN3O2S/c15-13-12(18-5-8-21-14(18)17-13)9-16-10-1-3-11(4-2-10)20-7-6-19/h1-5,8,16,19H,6-7,9H2. The van der Waals surface area contributed by atoms with Crippen LogP contribution in [0.2, 0.25) is 5.15 Å². The van der Waals surface area contributed by atoms with Gasteiger partial charge >= 0.3 is 0 Å². The van der Waals surface area contributed by atoms with Crippen LogP contribution in [0.3, 0.4) is 0 Å². The number of nitrogens with one attached hydrogen (secondary N) is 1. The third-order valence-corrected chi connectivity index (χ3v) is 4.05. The molecule has 2 N–H and O–H groups in total. The van der Waals surface area contributed by atoms with Gasteiger partial charge in [-0.1, -0.05) is 11.6 Å². The minimum atomic E-state index is 0.0103. The molecule has 0 bridgehead atoms. The molecule has 0 aliphatic rings. The van der Waals surface area contributed by atoms with Crippen LogP contribution >= 0.6 is 22.9 Å². The first-order chi connectivity index (χ1) is 10.3. The molecule has 3 aromatic rings. The average molecular weight is 324 g/mol. The molecule has 0 saturated carbocycles. The van der Waals surface area contributed by atoms with E-state index in [0.29, 0.717) is 18.3 Å². The van der Waals surface area contributed by atoms with Crippen LogP contribution in [-0.4, -0.2) is 27.7 Å². The molecule has 5 nitrogen and oxygen atoms in total. The lowest BCUT2D eigenvalue weighted by Gasteiger charge is -2.08. The van der Waals surface area contributed by atoms with E-state index >= 15 is 0 Å². The number of thiazole rings is 1. The van der Waals surface area contributed by atoms with Gasteiger partial charge in [0.2, 0.25) is 0 Å². The Morgan fingerprint density at radius 2 is 2.14 bits per heavy atom. The van der Waals surface area contributed by atoms with Gasteiger partial charge in [0.15, 0.2) is 10.1 Å². The first-order valence-electron chi connectivity index (χ1n) is 6.45. The number of aliphatic hydroxyl groups excluding tert-OH is 1. The third-order valence-electron chi connectivity index (χ3n) is 2.99. The van der Waals surface area contributed by atoms with Gasteiger partial charge in [-0.05, 0) is 24.3 Å². The van der Waals surface area contributed by atoms with Gasteiger partial charge in [-0.15, -0.1) is 11.3 Å². The van der Waals surface area contributed by atoms with E-state index < -0.39 is 0 Å². The number of hydrogen-bond acceptors (Lipinski definition) is 5. The van der Waals surface area contributed by atoms with Crippen LogP contribution in [0.4, 0.5) is 5.69 Å². The molecule has 0 amide bonds. The Labute approximate surface area is 130 Å². The van der Waals surface area contributed by atoms with Crippen LogP contribution in [0.5, 0.6) is 5.75 Å². The molecule has 0 saturated heterocycles. The fraction of sp³-hybridized carbons (Fsp3) is 0.214. The minimum absolute atomic E-state index is 0.0103. The highest BCUT2D eigenvalue weighted by Crippen LogP contribution is 2.23. The van der Waals surface area contributed by atoms with E-state index in [-0.39, 0.29) is 6.61 Å². The number of rotatable bonds is 6. The molecule has 7 heteroatoms. The van der Waals surface area contributed by atoms with E-state index in [0.717, 1.165) is 22.1 Å². The second-order valence-corrected chi connectivity index (χ2v) is 5.59. The Morgan fingerprint density at radius 1 is 1.33 bits per heavy atom. The number of benzene rings is 1. The second-order valence-electron chi connectivity index (χ2n) is 4.35. The van der Waals surface area contributed by atoms with Crippen LogP contribution in [0.1, 0.15) is 5.69 Å². The molecule has 110 valence electrons. The van der Waals surface area contributed by atoms with Gasteiger partial charge in [-0.2, -0.15) is 0 Å². The number of nitrogens with zero attached hydrogens (tertiary/aromatic N) is 2. The zero-order chi connectivity index (χ0) is 14.7. The molecule has 0 fully saturated rings. The first-order valence-corrected chi connectivity index (χ1v) is 7.71. The van der Waals surface area contributed by atoms with Crippen molar-refractivity contribution >= 4 is 33.6 Å². The quantitative estimate of drug-likeness (QED) is 0.732. The van der Waals surface area contributed by atoms with E-state index in [2.05, 4.69) is 10.3 Å². The summed E-state index contributed by atoms with van der Waals surface area (Å²) in [5, 5.41) is 14.5. The number of halogens is 1. The molecule has 0 radical (unpaired) electrons. The van der Waals surface area contributed by atoms with Crippen molar-refractivity contribution in [2.75, 3.05) is 18.5 Å². The Morgan fingerprint density at radius 3 is 2.90 bits per heavy atom. The largest absolute Gasteiger partial charge is 0.491 e. The SMILES string of the molecule is OCCOc1ccc(NCc2c(Cl)nc3sccn23)cc1. The lowest BCUT2D eigenvalue weighted by Crippen LogP contribution is -2.03. The van der Waals surface area contributed by atoms with E-state index in [1.54, 1.807) is 11.3 Å². The van der Waals surface area contributed by atoms with Gasteiger partial charge in [0.1, 0.15) is 12.4 Å². The van der Waals surface area contributed by atoms with Gasteiger partial charge < -0.3 is 15.2 Å². The number of hydrogen-bond donors (Lipinski definition) is 2. The summed E-state index contributed by atoms with van der Waals surface area (Å²) >= 11 is 7.70. The number of anilines is 1. The molecule has 0 unspecified atom stereocenters. The topological polar surface area (TPSA) is 58.8 Å². The predicted octanol–water partition coefficient (Wildman–Crippen LogP) is 3.03. The highest BCUT2D eigenvalue weighted by molar-refractivity contribution is 7.15. The summed E-state index contributed by atoms with van der Waals surface area (Å²) in [6.07, 6.45) is 1.96. The van der Waals surface area contributed by atoms with Crippen molar-refractivity contribution in [2.24, 2.45) is 0 Å². The zero-order valence-electron chi connectivity index (χ0n) is 11.1. The van der Waals surface area contributed by atoms with Crippen molar-refractivity contribution in [1.82, 2.24) is 9.38 Å². The van der Waals surface area contributed by atoms with Crippen molar-refractivity contribution < 1.29 is 9.84 Å². The molecular formula is C14H14ClN3O2S. The van der Waals surface area contributed by atoms with Crippen LogP contribution in [0, 0.1) is 0 Å². The van der Waals surface area contributed by atoms with Gasteiger partial charge in [-0.3, -0.25) is 4.40 Å². The monoisotopic (exact) mass is 323 g/mol. The molecular weight excluding hydrogens is 310 g/mol. The fourth-order valence-corrected chi connectivity index (χ4v) is 3.00. The second kappa shape index (κ2) is 6.34. The Balaban J connectivity index is 1.67. The molecule has 1 aromatic carbocycles. The summed E-state index contributed by atoms with van der Waals surface area (Å²) in [6.45, 7) is 0.901. The summed E-state index contributed by atoms with van der Waals surface area (Å²) in [5.74, 6) is 0.734. The van der Waals surface area contributed by atoms with E-state index in [1.165, 1.54) is 0 Å². The molecule has 0 aliphatic carbocycles. The average Bonchev–Trinajstić information content (AvgIpc) is 3.05. The van der Waals surface area contributed by atoms with Gasteiger partial charge in [0.25, 0.3) is 0 Å². The van der Waals surface area contributed by atoms with Gasteiger partial charge in [-0.25, -0.2) is 4.98 Å². The first kappa shape index (κ1) is 14.2. The highest BCUT2D eigenvalue weighted by Gasteiger charge is 2.10. The maximum absolute atomic E-state index is 8.71. The highest BCUT2D eigenvalue weighted by atomic mass is 35.5. The fourth-order valence-electron chi connectivity index (χ4n) is 1.98. The number of imidazole rings is 1.